The molecular formula is C22H21NO3S. The van der Waals surface area contributed by atoms with E-state index in [-0.39, 0.29) is 16.8 Å². The number of sulfone groups is 1. The Hall–Kier alpha value is -2.92. The van der Waals surface area contributed by atoms with Crippen molar-refractivity contribution < 1.29 is 13.2 Å². The molecule has 1 amide bonds. The van der Waals surface area contributed by atoms with Crippen LogP contribution in [0.3, 0.4) is 0 Å². The highest BCUT2D eigenvalue weighted by Crippen LogP contribution is 2.23. The first kappa shape index (κ1) is 18.9. The molecule has 1 atom stereocenters. The summed E-state index contributed by atoms with van der Waals surface area (Å²) in [5, 5.41) is 3.03. The maximum Gasteiger partial charge on any atom is 0.252 e. The molecule has 5 heteroatoms. The molecule has 0 aliphatic rings. The summed E-state index contributed by atoms with van der Waals surface area (Å²) in [5.41, 5.74) is 3.36. The Morgan fingerprint density at radius 3 is 2.11 bits per heavy atom. The van der Waals surface area contributed by atoms with E-state index in [9.17, 15) is 13.2 Å². The minimum atomic E-state index is -3.38. The van der Waals surface area contributed by atoms with E-state index < -0.39 is 9.84 Å². The molecule has 3 aromatic carbocycles. The van der Waals surface area contributed by atoms with Crippen LogP contribution in [0.25, 0.3) is 0 Å². The van der Waals surface area contributed by atoms with Crippen molar-refractivity contribution in [2.45, 2.75) is 17.9 Å². The van der Waals surface area contributed by atoms with Gasteiger partial charge in [-0.1, -0.05) is 66.2 Å². The topological polar surface area (TPSA) is 63.2 Å². The number of rotatable bonds is 5. The van der Waals surface area contributed by atoms with Crippen LogP contribution in [0, 0.1) is 6.92 Å². The summed E-state index contributed by atoms with van der Waals surface area (Å²) >= 11 is 0. The highest BCUT2D eigenvalue weighted by Gasteiger charge is 2.19. The Morgan fingerprint density at radius 2 is 1.48 bits per heavy atom. The fourth-order valence-electron chi connectivity index (χ4n) is 2.85. The van der Waals surface area contributed by atoms with Crippen molar-refractivity contribution in [2.75, 3.05) is 6.26 Å². The molecule has 0 spiro atoms. The van der Waals surface area contributed by atoms with Crippen molar-refractivity contribution in [3.8, 4) is 0 Å². The van der Waals surface area contributed by atoms with Crippen LogP contribution in [0.1, 0.15) is 33.1 Å². The van der Waals surface area contributed by atoms with Gasteiger partial charge in [-0.05, 0) is 36.2 Å². The molecule has 1 N–H and O–H groups in total. The third-order valence-electron chi connectivity index (χ3n) is 4.34. The molecule has 3 aromatic rings. The zero-order chi connectivity index (χ0) is 19.4. The number of nitrogens with one attached hydrogen (secondary N) is 1. The van der Waals surface area contributed by atoms with Crippen LogP contribution < -0.4 is 5.32 Å². The Morgan fingerprint density at radius 1 is 0.852 bits per heavy atom. The van der Waals surface area contributed by atoms with Crippen LogP contribution in [-0.2, 0) is 9.84 Å². The number of hydrogen-bond donors (Lipinski definition) is 1. The highest BCUT2D eigenvalue weighted by molar-refractivity contribution is 7.90. The molecule has 0 aliphatic carbocycles. The standard InChI is InChI=1S/C22H21NO3S/c1-16-11-13-18(14-12-16)21(17-7-4-3-5-8-17)23-22(24)19-9-6-10-20(15-19)27(2,25)26/h3-15,21H,1-2H3,(H,23,24). The fraction of sp³-hybridized carbons (Fsp3) is 0.136. The van der Waals surface area contributed by atoms with Crippen LogP contribution in [0.4, 0.5) is 0 Å². The van der Waals surface area contributed by atoms with Crippen molar-refractivity contribution >= 4 is 15.7 Å². The van der Waals surface area contributed by atoms with Crippen LogP contribution in [0.15, 0.2) is 83.8 Å². The first-order valence-electron chi connectivity index (χ1n) is 8.57. The summed E-state index contributed by atoms with van der Waals surface area (Å²) in [6.07, 6.45) is 1.13. The molecule has 3 rings (SSSR count). The van der Waals surface area contributed by atoms with Crippen molar-refractivity contribution in [1.82, 2.24) is 5.32 Å². The lowest BCUT2D eigenvalue weighted by Gasteiger charge is -2.20. The molecule has 0 fully saturated rings. The van der Waals surface area contributed by atoms with E-state index in [1.165, 1.54) is 12.1 Å². The van der Waals surface area contributed by atoms with Crippen molar-refractivity contribution in [3.05, 3.63) is 101 Å². The highest BCUT2D eigenvalue weighted by atomic mass is 32.2. The molecule has 4 nitrogen and oxygen atoms in total. The van der Waals surface area contributed by atoms with E-state index in [0.29, 0.717) is 5.56 Å². The van der Waals surface area contributed by atoms with Crippen LogP contribution in [-0.4, -0.2) is 20.6 Å². The summed E-state index contributed by atoms with van der Waals surface area (Å²) in [6.45, 7) is 2.01. The summed E-state index contributed by atoms with van der Waals surface area (Å²) < 4.78 is 23.5. The van der Waals surface area contributed by atoms with Gasteiger partial charge in [0.25, 0.3) is 5.91 Å². The van der Waals surface area contributed by atoms with Gasteiger partial charge in [0.15, 0.2) is 9.84 Å². The van der Waals surface area contributed by atoms with Gasteiger partial charge in [-0.3, -0.25) is 4.79 Å². The molecule has 1 unspecified atom stereocenters. The van der Waals surface area contributed by atoms with Gasteiger partial charge in [0.05, 0.1) is 10.9 Å². The van der Waals surface area contributed by atoms with E-state index in [1.54, 1.807) is 12.1 Å². The predicted octanol–water partition coefficient (Wildman–Crippen LogP) is 3.92. The second kappa shape index (κ2) is 7.76. The van der Waals surface area contributed by atoms with Gasteiger partial charge >= 0.3 is 0 Å². The number of hydrogen-bond acceptors (Lipinski definition) is 3. The molecule has 27 heavy (non-hydrogen) atoms. The summed E-state index contributed by atoms with van der Waals surface area (Å²) in [4.78, 5) is 13.0. The van der Waals surface area contributed by atoms with Crippen molar-refractivity contribution in [2.24, 2.45) is 0 Å². The molecule has 0 saturated heterocycles. The van der Waals surface area contributed by atoms with E-state index in [0.717, 1.165) is 22.9 Å². The number of aryl methyl sites for hydroxylation is 1. The van der Waals surface area contributed by atoms with Crippen LogP contribution in [0.5, 0.6) is 0 Å². The SMILES string of the molecule is Cc1ccc(C(NC(=O)c2cccc(S(C)(=O)=O)c2)c2ccccc2)cc1. The Balaban J connectivity index is 1.95. The van der Waals surface area contributed by atoms with Gasteiger partial charge in [-0.2, -0.15) is 0 Å². The van der Waals surface area contributed by atoms with Gasteiger partial charge in [0.1, 0.15) is 0 Å². The number of carbonyl (C=O) groups excluding carboxylic acids is 1. The average Bonchev–Trinajstić information content (AvgIpc) is 2.67. The Kier molecular flexibility index (Phi) is 5.42. The minimum Gasteiger partial charge on any atom is -0.341 e. The summed E-state index contributed by atoms with van der Waals surface area (Å²) in [5.74, 6) is -0.324. The zero-order valence-corrected chi connectivity index (χ0v) is 16.0. The van der Waals surface area contributed by atoms with E-state index in [1.807, 2.05) is 61.5 Å². The summed E-state index contributed by atoms with van der Waals surface area (Å²) in [6, 6.07) is 23.4. The molecule has 138 valence electrons. The van der Waals surface area contributed by atoms with Gasteiger partial charge in [0.2, 0.25) is 0 Å². The lowest BCUT2D eigenvalue weighted by atomic mass is 9.97. The van der Waals surface area contributed by atoms with Crippen molar-refractivity contribution in [1.29, 1.82) is 0 Å². The van der Waals surface area contributed by atoms with Crippen molar-refractivity contribution in [3.63, 3.8) is 0 Å². The second-order valence-electron chi connectivity index (χ2n) is 6.53. The van der Waals surface area contributed by atoms with E-state index in [4.69, 9.17) is 0 Å². The molecular weight excluding hydrogens is 358 g/mol. The average molecular weight is 379 g/mol. The number of carbonyl (C=O) groups is 1. The lowest BCUT2D eigenvalue weighted by molar-refractivity contribution is 0.0942. The smallest absolute Gasteiger partial charge is 0.252 e. The van der Waals surface area contributed by atoms with Crippen LogP contribution >= 0.6 is 0 Å². The Bertz CT molecular complexity index is 1040. The minimum absolute atomic E-state index is 0.127. The molecule has 0 saturated carbocycles. The van der Waals surface area contributed by atoms with E-state index >= 15 is 0 Å². The molecule has 0 bridgehead atoms. The quantitative estimate of drug-likeness (QED) is 0.731. The third-order valence-corrected chi connectivity index (χ3v) is 5.45. The fourth-order valence-corrected chi connectivity index (χ4v) is 3.51. The first-order valence-corrected chi connectivity index (χ1v) is 10.5. The number of amides is 1. The predicted molar refractivity (Wildman–Crippen MR) is 106 cm³/mol. The number of benzene rings is 3. The van der Waals surface area contributed by atoms with Crippen LogP contribution in [0.2, 0.25) is 0 Å². The normalized spacial score (nSPS) is 12.4. The molecule has 0 radical (unpaired) electrons. The maximum absolute atomic E-state index is 12.8. The molecule has 0 heterocycles. The monoisotopic (exact) mass is 379 g/mol. The molecule has 0 aromatic heterocycles. The van der Waals surface area contributed by atoms with Gasteiger partial charge in [-0.25, -0.2) is 8.42 Å². The first-order chi connectivity index (χ1) is 12.8. The maximum atomic E-state index is 12.8. The van der Waals surface area contributed by atoms with Gasteiger partial charge in [-0.15, -0.1) is 0 Å². The van der Waals surface area contributed by atoms with Gasteiger partial charge < -0.3 is 5.32 Å². The van der Waals surface area contributed by atoms with Gasteiger partial charge in [0, 0.05) is 11.8 Å². The summed E-state index contributed by atoms with van der Waals surface area (Å²) in [7, 11) is -3.38. The molecule has 0 aliphatic heterocycles. The largest absolute Gasteiger partial charge is 0.341 e. The zero-order valence-electron chi connectivity index (χ0n) is 15.2. The lowest BCUT2D eigenvalue weighted by Crippen LogP contribution is -2.29. The third kappa shape index (κ3) is 4.63. The second-order valence-corrected chi connectivity index (χ2v) is 8.54. The van der Waals surface area contributed by atoms with E-state index in [2.05, 4.69) is 5.32 Å². The Labute approximate surface area is 159 Å².